The Labute approximate surface area is 114 Å². The molecule has 4 nitrogen and oxygen atoms in total. The maximum Gasteiger partial charge on any atom is 0.0897 e. The lowest BCUT2D eigenvalue weighted by Gasteiger charge is -2.16. The van der Waals surface area contributed by atoms with Crippen LogP contribution in [0, 0.1) is 6.92 Å². The second-order valence-corrected chi connectivity index (χ2v) is 5.27. The van der Waals surface area contributed by atoms with Crippen LogP contribution >= 0.6 is 11.3 Å². The van der Waals surface area contributed by atoms with Crippen LogP contribution in [0.4, 0.5) is 0 Å². The number of nitrogens with zero attached hydrogens (tertiary/aromatic N) is 1. The molecule has 0 aliphatic rings. The molecule has 1 atom stereocenters. The molecule has 1 N–H and O–H groups in total. The number of hydrogen-bond acceptors (Lipinski definition) is 5. The maximum atomic E-state index is 5.51. The first-order valence-corrected chi connectivity index (χ1v) is 7.35. The Balaban J connectivity index is 2.26. The lowest BCUT2D eigenvalue weighted by atomic mass is 10.1. The zero-order chi connectivity index (χ0) is 13.2. The Hall–Kier alpha value is -0.490. The van der Waals surface area contributed by atoms with Crippen molar-refractivity contribution in [3.8, 4) is 0 Å². The fourth-order valence-electron chi connectivity index (χ4n) is 1.79. The first kappa shape index (κ1) is 15.6. The van der Waals surface area contributed by atoms with Crippen LogP contribution in [-0.2, 0) is 15.9 Å². The minimum Gasteiger partial charge on any atom is -0.382 e. The molecule has 5 heteroatoms. The summed E-state index contributed by atoms with van der Waals surface area (Å²) in [6.45, 7) is 7.26. The fraction of sp³-hybridized carbons (Fsp3) is 0.769. The fourth-order valence-corrected chi connectivity index (χ4v) is 2.41. The van der Waals surface area contributed by atoms with Gasteiger partial charge in [-0.1, -0.05) is 6.92 Å². The van der Waals surface area contributed by atoms with Crippen molar-refractivity contribution < 1.29 is 9.47 Å². The predicted molar refractivity (Wildman–Crippen MR) is 75.3 cm³/mol. The van der Waals surface area contributed by atoms with E-state index >= 15 is 0 Å². The van der Waals surface area contributed by atoms with Gasteiger partial charge >= 0.3 is 0 Å². The standard InChI is InChI=1S/C13H24N2O2S/c1-4-14-12(5-6-17-8-7-16-3)9-13-10-18-11(2)15-13/h10,12,14H,4-9H2,1-3H3. The van der Waals surface area contributed by atoms with Gasteiger partial charge in [0.15, 0.2) is 0 Å². The second-order valence-electron chi connectivity index (χ2n) is 4.21. The van der Waals surface area contributed by atoms with E-state index in [9.17, 15) is 0 Å². The molecule has 0 bridgehead atoms. The predicted octanol–water partition coefficient (Wildman–Crippen LogP) is 2.03. The number of aromatic nitrogens is 1. The van der Waals surface area contributed by atoms with Gasteiger partial charge in [-0.05, 0) is 19.9 Å². The van der Waals surface area contributed by atoms with Crippen molar-refractivity contribution in [2.75, 3.05) is 33.5 Å². The Morgan fingerprint density at radius 1 is 1.39 bits per heavy atom. The van der Waals surface area contributed by atoms with Gasteiger partial charge in [0.1, 0.15) is 0 Å². The molecule has 0 radical (unpaired) electrons. The monoisotopic (exact) mass is 272 g/mol. The molecule has 1 aromatic heterocycles. The number of aryl methyl sites for hydroxylation is 1. The lowest BCUT2D eigenvalue weighted by molar-refractivity contribution is 0.0658. The molecule has 0 aromatic carbocycles. The van der Waals surface area contributed by atoms with Crippen molar-refractivity contribution in [3.63, 3.8) is 0 Å². The van der Waals surface area contributed by atoms with E-state index in [0.29, 0.717) is 19.3 Å². The third-order valence-electron chi connectivity index (χ3n) is 2.66. The number of nitrogens with one attached hydrogen (secondary N) is 1. The van der Waals surface area contributed by atoms with Crippen molar-refractivity contribution in [2.24, 2.45) is 0 Å². The normalized spacial score (nSPS) is 12.8. The summed E-state index contributed by atoms with van der Waals surface area (Å²) in [4.78, 5) is 4.51. The van der Waals surface area contributed by atoms with Crippen molar-refractivity contribution in [3.05, 3.63) is 16.1 Å². The summed E-state index contributed by atoms with van der Waals surface area (Å²) < 4.78 is 10.5. The van der Waals surface area contributed by atoms with Crippen molar-refractivity contribution in [2.45, 2.75) is 32.7 Å². The van der Waals surface area contributed by atoms with E-state index in [0.717, 1.165) is 31.0 Å². The molecular formula is C13H24N2O2S. The summed E-state index contributed by atoms with van der Waals surface area (Å²) in [6.07, 6.45) is 1.99. The summed E-state index contributed by atoms with van der Waals surface area (Å²) in [7, 11) is 1.69. The molecule has 104 valence electrons. The zero-order valence-corrected chi connectivity index (χ0v) is 12.4. The quantitative estimate of drug-likeness (QED) is 0.662. The average molecular weight is 272 g/mol. The van der Waals surface area contributed by atoms with E-state index in [4.69, 9.17) is 9.47 Å². The number of rotatable bonds is 10. The third-order valence-corrected chi connectivity index (χ3v) is 3.48. The van der Waals surface area contributed by atoms with Gasteiger partial charge in [0, 0.05) is 31.6 Å². The highest BCUT2D eigenvalue weighted by Crippen LogP contribution is 2.11. The molecular weight excluding hydrogens is 248 g/mol. The summed E-state index contributed by atoms with van der Waals surface area (Å²) in [5, 5.41) is 6.76. The van der Waals surface area contributed by atoms with Crippen LogP contribution in [0.15, 0.2) is 5.38 Å². The SMILES string of the molecule is CCNC(CCOCCOC)Cc1csc(C)n1. The summed E-state index contributed by atoms with van der Waals surface area (Å²) in [5.41, 5.74) is 1.18. The van der Waals surface area contributed by atoms with Crippen molar-refractivity contribution in [1.82, 2.24) is 10.3 Å². The van der Waals surface area contributed by atoms with Crippen LogP contribution < -0.4 is 5.32 Å². The smallest absolute Gasteiger partial charge is 0.0897 e. The van der Waals surface area contributed by atoms with E-state index in [-0.39, 0.29) is 0 Å². The van der Waals surface area contributed by atoms with Crippen LogP contribution in [0.1, 0.15) is 24.0 Å². The minimum atomic E-state index is 0.444. The number of methoxy groups -OCH3 is 1. The van der Waals surface area contributed by atoms with Crippen LogP contribution in [-0.4, -0.2) is 44.5 Å². The van der Waals surface area contributed by atoms with Gasteiger partial charge in [-0.25, -0.2) is 4.98 Å². The van der Waals surface area contributed by atoms with E-state index < -0.39 is 0 Å². The van der Waals surface area contributed by atoms with Gasteiger partial charge in [-0.2, -0.15) is 0 Å². The topological polar surface area (TPSA) is 43.4 Å². The third kappa shape index (κ3) is 6.44. The molecule has 1 rings (SSSR count). The van der Waals surface area contributed by atoms with Crippen LogP contribution in [0.25, 0.3) is 0 Å². The highest BCUT2D eigenvalue weighted by molar-refractivity contribution is 7.09. The Morgan fingerprint density at radius 2 is 2.22 bits per heavy atom. The van der Waals surface area contributed by atoms with E-state index in [1.54, 1.807) is 18.4 Å². The van der Waals surface area contributed by atoms with Gasteiger partial charge in [0.2, 0.25) is 0 Å². The van der Waals surface area contributed by atoms with Crippen LogP contribution in [0.2, 0.25) is 0 Å². The van der Waals surface area contributed by atoms with Gasteiger partial charge < -0.3 is 14.8 Å². The van der Waals surface area contributed by atoms with E-state index in [2.05, 4.69) is 22.6 Å². The first-order valence-electron chi connectivity index (χ1n) is 6.47. The van der Waals surface area contributed by atoms with Gasteiger partial charge in [0.25, 0.3) is 0 Å². The average Bonchev–Trinajstić information content (AvgIpc) is 2.75. The molecule has 0 fully saturated rings. The molecule has 0 aliphatic carbocycles. The molecule has 0 amide bonds. The van der Waals surface area contributed by atoms with E-state index in [1.165, 1.54) is 5.69 Å². The maximum absolute atomic E-state index is 5.51. The first-order chi connectivity index (χ1) is 8.76. The van der Waals surface area contributed by atoms with Crippen LogP contribution in [0.3, 0.4) is 0 Å². The number of ether oxygens (including phenoxy) is 2. The molecule has 1 heterocycles. The molecule has 0 saturated carbocycles. The molecule has 0 aliphatic heterocycles. The largest absolute Gasteiger partial charge is 0.382 e. The minimum absolute atomic E-state index is 0.444. The second kappa shape index (κ2) is 9.44. The molecule has 0 spiro atoms. The van der Waals surface area contributed by atoms with Crippen LogP contribution in [0.5, 0.6) is 0 Å². The van der Waals surface area contributed by atoms with Gasteiger partial charge in [-0.15, -0.1) is 11.3 Å². The van der Waals surface area contributed by atoms with E-state index in [1.807, 2.05) is 6.92 Å². The number of thiazole rings is 1. The zero-order valence-electron chi connectivity index (χ0n) is 11.6. The molecule has 0 saturated heterocycles. The molecule has 1 aromatic rings. The highest BCUT2D eigenvalue weighted by atomic mass is 32.1. The number of likely N-dealkylation sites (N-methyl/N-ethyl adjacent to an activating group) is 1. The lowest BCUT2D eigenvalue weighted by Crippen LogP contribution is -2.32. The summed E-state index contributed by atoms with van der Waals surface area (Å²) >= 11 is 1.71. The van der Waals surface area contributed by atoms with Crippen molar-refractivity contribution >= 4 is 11.3 Å². The van der Waals surface area contributed by atoms with Gasteiger partial charge in [-0.3, -0.25) is 0 Å². The Morgan fingerprint density at radius 3 is 2.83 bits per heavy atom. The molecule has 18 heavy (non-hydrogen) atoms. The Bertz CT molecular complexity index is 318. The highest BCUT2D eigenvalue weighted by Gasteiger charge is 2.10. The summed E-state index contributed by atoms with van der Waals surface area (Å²) in [5.74, 6) is 0. The Kier molecular flexibility index (Phi) is 8.17. The van der Waals surface area contributed by atoms with Crippen molar-refractivity contribution in [1.29, 1.82) is 0 Å². The number of hydrogen-bond donors (Lipinski definition) is 1. The summed E-state index contributed by atoms with van der Waals surface area (Å²) in [6, 6.07) is 0.444. The molecule has 1 unspecified atom stereocenters. The van der Waals surface area contributed by atoms with Gasteiger partial charge in [0.05, 0.1) is 23.9 Å².